The molecule has 1 aliphatic rings. The van der Waals surface area contributed by atoms with Gasteiger partial charge in [0, 0.05) is 43.1 Å². The number of carbonyl (C=O) groups excluding carboxylic acids is 1. The molecule has 202 valence electrons. The van der Waals surface area contributed by atoms with Crippen LogP contribution >= 0.6 is 0 Å². The first-order valence-corrected chi connectivity index (χ1v) is 13.9. The highest BCUT2D eigenvalue weighted by molar-refractivity contribution is 7.86. The van der Waals surface area contributed by atoms with Gasteiger partial charge in [0.05, 0.1) is 10.5 Å². The van der Waals surface area contributed by atoms with Gasteiger partial charge in [-0.15, -0.1) is 0 Å². The summed E-state index contributed by atoms with van der Waals surface area (Å²) in [7, 11) is -1.56. The lowest BCUT2D eigenvalue weighted by Crippen LogP contribution is -2.49. The summed E-state index contributed by atoms with van der Waals surface area (Å²) in [5, 5.41) is 0. The highest BCUT2D eigenvalue weighted by Crippen LogP contribution is 2.36. The van der Waals surface area contributed by atoms with Gasteiger partial charge in [0.2, 0.25) is 0 Å². The number of aryl methyl sites for hydroxylation is 2. The molecule has 1 atom stereocenters. The standard InChI is InChI=1S/C29H32F3N3O2S/c1-3-4-7-22-11-13-23(14-12-22)33-38(37)24-15-10-21(2)25(20-24)28(36)35-18-16-34(17-19-35)27-9-6-5-8-26(27)29(30,31)32/h5-6,8-15,20,33H,3-4,7,16-19H2,1-2H3. The topological polar surface area (TPSA) is 52.7 Å². The van der Waals surface area contributed by atoms with Crippen LogP contribution in [0.15, 0.2) is 71.6 Å². The van der Waals surface area contributed by atoms with Gasteiger partial charge in [-0.2, -0.15) is 13.2 Å². The summed E-state index contributed by atoms with van der Waals surface area (Å²) < 4.78 is 56.4. The molecule has 0 aromatic heterocycles. The van der Waals surface area contributed by atoms with Crippen LogP contribution in [-0.4, -0.2) is 41.2 Å². The number of benzene rings is 3. The number of rotatable bonds is 8. The van der Waals surface area contributed by atoms with E-state index in [9.17, 15) is 22.2 Å². The molecule has 3 aromatic rings. The van der Waals surface area contributed by atoms with Gasteiger partial charge in [0.15, 0.2) is 0 Å². The van der Waals surface area contributed by atoms with E-state index in [1.807, 2.05) is 31.2 Å². The lowest BCUT2D eigenvalue weighted by atomic mass is 10.1. The largest absolute Gasteiger partial charge is 0.418 e. The summed E-state index contributed by atoms with van der Waals surface area (Å²) in [4.78, 5) is 17.1. The lowest BCUT2D eigenvalue weighted by Gasteiger charge is -2.37. The molecule has 9 heteroatoms. The van der Waals surface area contributed by atoms with Crippen molar-refractivity contribution < 1.29 is 22.2 Å². The van der Waals surface area contributed by atoms with E-state index >= 15 is 0 Å². The predicted molar refractivity (Wildman–Crippen MR) is 146 cm³/mol. The van der Waals surface area contributed by atoms with E-state index in [1.54, 1.807) is 34.1 Å². The number of nitrogens with zero attached hydrogens (tertiary/aromatic N) is 2. The Morgan fingerprint density at radius 2 is 1.66 bits per heavy atom. The van der Waals surface area contributed by atoms with Crippen molar-refractivity contribution in [3.05, 3.63) is 89.0 Å². The van der Waals surface area contributed by atoms with Gasteiger partial charge in [-0.05, 0) is 67.3 Å². The van der Waals surface area contributed by atoms with Crippen LogP contribution in [0, 0.1) is 6.92 Å². The van der Waals surface area contributed by atoms with Crippen molar-refractivity contribution in [1.82, 2.24) is 4.90 Å². The predicted octanol–water partition coefficient (Wildman–Crippen LogP) is 6.45. The zero-order valence-corrected chi connectivity index (χ0v) is 22.4. The Morgan fingerprint density at radius 3 is 2.32 bits per heavy atom. The van der Waals surface area contributed by atoms with E-state index in [4.69, 9.17) is 0 Å². The maximum atomic E-state index is 13.5. The van der Waals surface area contributed by atoms with Crippen molar-refractivity contribution in [3.63, 3.8) is 0 Å². The molecule has 5 nitrogen and oxygen atoms in total. The van der Waals surface area contributed by atoms with Crippen LogP contribution in [0.2, 0.25) is 0 Å². The fraction of sp³-hybridized carbons (Fsp3) is 0.345. The molecule has 1 N–H and O–H groups in total. The minimum absolute atomic E-state index is 0.130. The summed E-state index contributed by atoms with van der Waals surface area (Å²) >= 11 is 0. The second-order valence-electron chi connectivity index (χ2n) is 9.44. The Balaban J connectivity index is 1.42. The third-order valence-electron chi connectivity index (χ3n) is 6.75. The van der Waals surface area contributed by atoms with Gasteiger partial charge in [-0.1, -0.05) is 43.7 Å². The van der Waals surface area contributed by atoms with Gasteiger partial charge in [0.1, 0.15) is 11.0 Å². The first-order valence-electron chi connectivity index (χ1n) is 12.8. The van der Waals surface area contributed by atoms with Gasteiger partial charge in [-0.3, -0.25) is 4.79 Å². The molecule has 1 amide bonds. The molecule has 4 rings (SSSR count). The third-order valence-corrected chi connectivity index (χ3v) is 7.86. The number of piperazine rings is 1. The molecular formula is C29H32F3N3O2S. The number of para-hydroxylation sites is 1. The molecule has 0 spiro atoms. The van der Waals surface area contributed by atoms with Crippen molar-refractivity contribution >= 4 is 28.3 Å². The van der Waals surface area contributed by atoms with E-state index < -0.39 is 22.7 Å². The summed E-state index contributed by atoms with van der Waals surface area (Å²) in [5.74, 6) is -0.217. The number of halogens is 3. The number of nitrogens with one attached hydrogen (secondary N) is 1. The zero-order chi connectivity index (χ0) is 27.3. The summed E-state index contributed by atoms with van der Waals surface area (Å²) in [6, 6.07) is 18.5. The van der Waals surface area contributed by atoms with Crippen LogP contribution in [0.3, 0.4) is 0 Å². The number of amides is 1. The molecule has 1 unspecified atom stereocenters. The highest BCUT2D eigenvalue weighted by atomic mass is 32.2. The quantitative estimate of drug-likeness (QED) is 0.355. The fourth-order valence-corrected chi connectivity index (χ4v) is 5.43. The van der Waals surface area contributed by atoms with Gasteiger partial charge >= 0.3 is 6.18 Å². The Kier molecular flexibility index (Phi) is 8.76. The highest BCUT2D eigenvalue weighted by Gasteiger charge is 2.35. The van der Waals surface area contributed by atoms with Crippen LogP contribution < -0.4 is 9.62 Å². The molecule has 38 heavy (non-hydrogen) atoms. The zero-order valence-electron chi connectivity index (χ0n) is 21.6. The van der Waals surface area contributed by atoms with Gasteiger partial charge in [0.25, 0.3) is 5.91 Å². The van der Waals surface area contributed by atoms with E-state index in [1.165, 1.54) is 17.7 Å². The molecule has 0 aliphatic carbocycles. The minimum atomic E-state index is -4.44. The van der Waals surface area contributed by atoms with Crippen LogP contribution in [0.25, 0.3) is 0 Å². The average Bonchev–Trinajstić information content (AvgIpc) is 2.92. The van der Waals surface area contributed by atoms with E-state index in [0.29, 0.717) is 36.6 Å². The molecule has 0 radical (unpaired) electrons. The first-order chi connectivity index (χ1) is 18.2. The Labute approximate surface area is 224 Å². The molecule has 1 heterocycles. The maximum absolute atomic E-state index is 13.5. The normalized spacial score (nSPS) is 14.9. The Hall–Kier alpha value is -3.33. The van der Waals surface area contributed by atoms with E-state index in [0.717, 1.165) is 36.6 Å². The molecule has 0 bridgehead atoms. The van der Waals surface area contributed by atoms with Crippen molar-refractivity contribution in [3.8, 4) is 0 Å². The Bertz CT molecular complexity index is 1290. The van der Waals surface area contributed by atoms with Crippen LogP contribution in [0.4, 0.5) is 24.5 Å². The molecule has 3 aromatic carbocycles. The lowest BCUT2D eigenvalue weighted by molar-refractivity contribution is -0.137. The molecule has 0 saturated carbocycles. The van der Waals surface area contributed by atoms with E-state index in [-0.39, 0.29) is 11.6 Å². The van der Waals surface area contributed by atoms with Crippen molar-refractivity contribution in [2.45, 2.75) is 44.2 Å². The molecule has 1 aliphatic heterocycles. The second kappa shape index (κ2) is 12.0. The minimum Gasteiger partial charge on any atom is -0.367 e. The van der Waals surface area contributed by atoms with Gasteiger partial charge in [-0.25, -0.2) is 4.21 Å². The van der Waals surface area contributed by atoms with Crippen molar-refractivity contribution in [2.75, 3.05) is 35.8 Å². The van der Waals surface area contributed by atoms with Gasteiger partial charge < -0.3 is 14.5 Å². The smallest absolute Gasteiger partial charge is 0.367 e. The Morgan fingerprint density at radius 1 is 0.974 bits per heavy atom. The fourth-order valence-electron chi connectivity index (χ4n) is 4.54. The van der Waals surface area contributed by atoms with Crippen LogP contribution in [0.1, 0.15) is 46.8 Å². The number of alkyl halides is 3. The number of hydrogen-bond acceptors (Lipinski definition) is 3. The SMILES string of the molecule is CCCCc1ccc(NS(=O)c2ccc(C)c(C(=O)N3CCN(c4ccccc4C(F)(F)F)CC3)c2)cc1. The molecule has 1 fully saturated rings. The number of carbonyl (C=O) groups is 1. The monoisotopic (exact) mass is 543 g/mol. The second-order valence-corrected chi connectivity index (χ2v) is 10.7. The van der Waals surface area contributed by atoms with Crippen molar-refractivity contribution in [2.24, 2.45) is 0 Å². The average molecular weight is 544 g/mol. The maximum Gasteiger partial charge on any atom is 0.418 e. The first kappa shape index (κ1) is 27.7. The third kappa shape index (κ3) is 6.56. The van der Waals surface area contributed by atoms with Crippen LogP contribution in [0.5, 0.6) is 0 Å². The number of hydrogen-bond donors (Lipinski definition) is 1. The molecular weight excluding hydrogens is 511 g/mol. The van der Waals surface area contributed by atoms with Crippen LogP contribution in [-0.2, 0) is 23.6 Å². The van der Waals surface area contributed by atoms with E-state index in [2.05, 4.69) is 11.6 Å². The number of anilines is 2. The summed E-state index contributed by atoms with van der Waals surface area (Å²) in [5.41, 5.74) is 2.61. The number of unbranched alkanes of at least 4 members (excludes halogenated alkanes) is 1. The summed E-state index contributed by atoms with van der Waals surface area (Å²) in [6.45, 7) is 5.13. The van der Waals surface area contributed by atoms with Crippen molar-refractivity contribution in [1.29, 1.82) is 0 Å². The molecule has 1 saturated heterocycles. The summed E-state index contributed by atoms with van der Waals surface area (Å²) in [6.07, 6.45) is -1.19.